The smallest absolute Gasteiger partial charge is 0.334 e. The van der Waals surface area contributed by atoms with E-state index in [-0.39, 0.29) is 24.1 Å². The number of anilines is 2. The van der Waals surface area contributed by atoms with E-state index in [4.69, 9.17) is 14.6 Å². The summed E-state index contributed by atoms with van der Waals surface area (Å²) in [5.74, 6) is -0.411. The van der Waals surface area contributed by atoms with Gasteiger partial charge in [-0.2, -0.15) is 10.4 Å². The molecule has 2 aromatic heterocycles. The maximum Gasteiger partial charge on any atom is 0.334 e. The molecule has 1 spiro atoms. The van der Waals surface area contributed by atoms with Gasteiger partial charge in [0.1, 0.15) is 5.39 Å². The minimum atomic E-state index is -1.10. The summed E-state index contributed by atoms with van der Waals surface area (Å²) in [6.07, 6.45) is 3.59. The molecule has 5 atom stereocenters. The molecular formula is C23H23N5O5S. The standard InChI is InChI=1S/C23H23N5O5S/c1-32-22(30)17-7-9-23(12-33-17)15(11-24)19(23)28-16-8-10-25-21(29)18(16)20(27-28)26-13-3-5-14(6-4-13)34(2)31/h3-6,8,10,15,17,19H,7,9,12H2,1-2H3,(H,25,29)(H,26,27)/t15-,17-,19?,23-,34?/m0/s1. The number of H-pyrrole nitrogens is 1. The van der Waals surface area contributed by atoms with Crippen molar-refractivity contribution >= 4 is 39.2 Å². The fourth-order valence-corrected chi connectivity index (χ4v) is 5.45. The summed E-state index contributed by atoms with van der Waals surface area (Å²) in [4.78, 5) is 28.0. The van der Waals surface area contributed by atoms with E-state index in [0.29, 0.717) is 40.1 Å². The van der Waals surface area contributed by atoms with Gasteiger partial charge in [-0.3, -0.25) is 13.7 Å². The first kappa shape index (κ1) is 22.3. The average molecular weight is 482 g/mol. The molecule has 10 nitrogen and oxygen atoms in total. The number of benzene rings is 1. The van der Waals surface area contributed by atoms with Gasteiger partial charge in [0.2, 0.25) is 0 Å². The normalized spacial score (nSPS) is 26.7. The second kappa shape index (κ2) is 8.38. The topological polar surface area (TPSA) is 139 Å². The molecule has 1 aliphatic carbocycles. The van der Waals surface area contributed by atoms with E-state index in [1.54, 1.807) is 47.5 Å². The summed E-state index contributed by atoms with van der Waals surface area (Å²) in [6, 6.07) is 10.9. The van der Waals surface area contributed by atoms with Crippen LogP contribution in [0.15, 0.2) is 46.2 Å². The zero-order chi connectivity index (χ0) is 24.0. The highest BCUT2D eigenvalue weighted by Gasteiger charge is 2.68. The molecule has 34 heavy (non-hydrogen) atoms. The van der Waals surface area contributed by atoms with Gasteiger partial charge >= 0.3 is 5.97 Å². The van der Waals surface area contributed by atoms with Gasteiger partial charge in [-0.05, 0) is 43.2 Å². The van der Waals surface area contributed by atoms with Crippen molar-refractivity contribution in [3.05, 3.63) is 46.9 Å². The Balaban J connectivity index is 1.49. The van der Waals surface area contributed by atoms with Crippen molar-refractivity contribution in [1.29, 1.82) is 5.26 Å². The predicted molar refractivity (Wildman–Crippen MR) is 124 cm³/mol. The molecule has 176 valence electrons. The van der Waals surface area contributed by atoms with Gasteiger partial charge in [0, 0.05) is 39.3 Å². The molecule has 0 amide bonds. The zero-order valence-corrected chi connectivity index (χ0v) is 19.4. The number of hydrogen-bond donors (Lipinski definition) is 2. The van der Waals surface area contributed by atoms with E-state index in [1.807, 2.05) is 0 Å². The number of nitrogens with one attached hydrogen (secondary N) is 2. The van der Waals surface area contributed by atoms with Crippen LogP contribution in [0.2, 0.25) is 0 Å². The molecular weight excluding hydrogens is 458 g/mol. The second-order valence-corrected chi connectivity index (χ2v) is 9.99. The molecule has 2 N–H and O–H groups in total. The van der Waals surface area contributed by atoms with E-state index in [0.717, 1.165) is 0 Å². The lowest BCUT2D eigenvalue weighted by Gasteiger charge is -2.28. The maximum absolute atomic E-state index is 12.7. The Kier molecular flexibility index (Phi) is 5.50. The second-order valence-electron chi connectivity index (χ2n) is 8.61. The minimum absolute atomic E-state index is 0.235. The lowest BCUT2D eigenvalue weighted by Crippen LogP contribution is -2.35. The molecule has 3 aromatic rings. The molecule has 0 radical (unpaired) electrons. The number of pyridine rings is 1. The van der Waals surface area contributed by atoms with Crippen LogP contribution in [0.25, 0.3) is 10.9 Å². The van der Waals surface area contributed by atoms with Crippen LogP contribution in [-0.2, 0) is 25.1 Å². The van der Waals surface area contributed by atoms with E-state index < -0.39 is 28.3 Å². The van der Waals surface area contributed by atoms with E-state index in [2.05, 4.69) is 16.4 Å². The number of aromatic amines is 1. The Morgan fingerprint density at radius 2 is 2.15 bits per heavy atom. The number of carbonyl (C=O) groups is 1. The van der Waals surface area contributed by atoms with Crippen LogP contribution in [-0.4, -0.2) is 51.0 Å². The number of fused-ring (bicyclic) bond motifs is 1. The van der Waals surface area contributed by atoms with Gasteiger partial charge in [0.05, 0.1) is 37.3 Å². The minimum Gasteiger partial charge on any atom is -0.467 e. The molecule has 1 saturated heterocycles. The van der Waals surface area contributed by atoms with Gasteiger partial charge in [-0.15, -0.1) is 0 Å². The highest BCUT2D eigenvalue weighted by atomic mass is 32.2. The molecule has 1 aromatic carbocycles. The van der Waals surface area contributed by atoms with Gasteiger partial charge in [0.25, 0.3) is 5.56 Å². The lowest BCUT2D eigenvalue weighted by molar-refractivity contribution is -0.160. The first-order valence-electron chi connectivity index (χ1n) is 10.8. The fraction of sp³-hybridized carbons (Fsp3) is 0.391. The van der Waals surface area contributed by atoms with Crippen molar-refractivity contribution in [2.45, 2.75) is 29.9 Å². The van der Waals surface area contributed by atoms with E-state index >= 15 is 0 Å². The zero-order valence-electron chi connectivity index (χ0n) is 18.6. The Morgan fingerprint density at radius 3 is 2.76 bits per heavy atom. The summed E-state index contributed by atoms with van der Waals surface area (Å²) in [6.45, 7) is 0.235. The molecule has 2 fully saturated rings. The van der Waals surface area contributed by atoms with Crippen LogP contribution in [0, 0.1) is 22.7 Å². The monoisotopic (exact) mass is 481 g/mol. The van der Waals surface area contributed by atoms with Crippen molar-refractivity contribution in [2.24, 2.45) is 11.3 Å². The SMILES string of the molecule is COC(=O)[C@@H]1CC[C@@]2(CO1)C(n1nc(Nc3ccc(S(C)=O)cc3)c3c(=O)[nH]ccc31)[C@@H]2C#N. The summed E-state index contributed by atoms with van der Waals surface area (Å²) >= 11 is 0. The predicted octanol–water partition coefficient (Wildman–Crippen LogP) is 2.24. The maximum atomic E-state index is 12.7. The first-order chi connectivity index (χ1) is 16.4. The number of rotatable bonds is 5. The van der Waals surface area contributed by atoms with Crippen LogP contribution >= 0.6 is 0 Å². The average Bonchev–Trinajstić information content (AvgIpc) is 3.30. The summed E-state index contributed by atoms with van der Waals surface area (Å²) in [7, 11) is 0.229. The quantitative estimate of drug-likeness (QED) is 0.529. The number of methoxy groups -OCH3 is 1. The summed E-state index contributed by atoms with van der Waals surface area (Å²) < 4.78 is 24.0. The molecule has 1 aliphatic heterocycles. The molecule has 3 heterocycles. The van der Waals surface area contributed by atoms with Crippen LogP contribution in [0.3, 0.4) is 0 Å². The Labute approximate surface area is 197 Å². The lowest BCUT2D eigenvalue weighted by atomic mass is 9.92. The third-order valence-electron chi connectivity index (χ3n) is 6.79. The summed E-state index contributed by atoms with van der Waals surface area (Å²) in [5.41, 5.74) is 0.514. The highest BCUT2D eigenvalue weighted by molar-refractivity contribution is 7.84. The number of aromatic nitrogens is 3. The third kappa shape index (κ3) is 3.50. The van der Waals surface area contributed by atoms with Gasteiger partial charge in [-0.25, -0.2) is 4.79 Å². The summed E-state index contributed by atoms with van der Waals surface area (Å²) in [5, 5.41) is 18.1. The van der Waals surface area contributed by atoms with Crippen molar-refractivity contribution in [1.82, 2.24) is 14.8 Å². The molecule has 1 saturated carbocycles. The molecule has 5 rings (SSSR count). The number of ether oxygens (including phenoxy) is 2. The van der Waals surface area contributed by atoms with Crippen LogP contribution in [0.5, 0.6) is 0 Å². The largest absolute Gasteiger partial charge is 0.467 e. The van der Waals surface area contributed by atoms with E-state index in [1.165, 1.54) is 7.11 Å². The number of nitriles is 1. The van der Waals surface area contributed by atoms with E-state index in [9.17, 15) is 19.1 Å². The van der Waals surface area contributed by atoms with Crippen LogP contribution in [0.4, 0.5) is 11.5 Å². The van der Waals surface area contributed by atoms with Crippen molar-refractivity contribution in [2.75, 3.05) is 25.3 Å². The van der Waals surface area contributed by atoms with Crippen LogP contribution in [0.1, 0.15) is 18.9 Å². The highest BCUT2D eigenvalue weighted by Crippen LogP contribution is 2.66. The van der Waals surface area contributed by atoms with Gasteiger partial charge in [-0.1, -0.05) is 0 Å². The molecule has 2 aliphatic rings. The fourth-order valence-electron chi connectivity index (χ4n) is 4.93. The number of hydrogen-bond acceptors (Lipinski definition) is 8. The Morgan fingerprint density at radius 1 is 1.38 bits per heavy atom. The van der Waals surface area contributed by atoms with Crippen molar-refractivity contribution in [3.63, 3.8) is 0 Å². The molecule has 11 heteroatoms. The van der Waals surface area contributed by atoms with Gasteiger partial charge in [0.15, 0.2) is 11.9 Å². The number of esters is 1. The van der Waals surface area contributed by atoms with Crippen molar-refractivity contribution in [3.8, 4) is 6.07 Å². The number of carbonyl (C=O) groups excluding carboxylic acids is 1. The third-order valence-corrected chi connectivity index (χ3v) is 7.72. The van der Waals surface area contributed by atoms with Crippen LogP contribution < -0.4 is 10.9 Å². The Bertz CT molecular complexity index is 1380. The van der Waals surface area contributed by atoms with Crippen molar-refractivity contribution < 1.29 is 18.5 Å². The molecule has 0 bridgehead atoms. The number of nitrogens with zero attached hydrogens (tertiary/aromatic N) is 3. The molecule has 2 unspecified atom stereocenters. The Hall–Kier alpha value is -3.49. The first-order valence-corrected chi connectivity index (χ1v) is 12.3. The van der Waals surface area contributed by atoms with Gasteiger partial charge < -0.3 is 19.8 Å².